The third-order valence-corrected chi connectivity index (χ3v) is 4.06. The first kappa shape index (κ1) is 13.2. The van der Waals surface area contributed by atoms with Crippen LogP contribution < -0.4 is 5.32 Å². The first-order valence-corrected chi connectivity index (χ1v) is 6.79. The number of halogens is 1. The first-order chi connectivity index (χ1) is 7.11. The molecule has 0 saturated heterocycles. The summed E-state index contributed by atoms with van der Waals surface area (Å²) in [6.07, 6.45) is 2.32. The predicted octanol–water partition coefficient (Wildman–Crippen LogP) is 2.59. The fraction of sp³-hybridized carbons (Fsp3) is 0.636. The molecule has 1 aromatic heterocycles. The molecule has 1 atom stereocenters. The number of rotatable bonds is 6. The Bertz CT molecular complexity index is 286. The molecule has 0 aliphatic rings. The Hall–Kier alpha value is 0.1000. The SMILES string of the molecule is CNC(CCN(C)C)Cc1ccc(Br)s1. The fourth-order valence-electron chi connectivity index (χ4n) is 1.47. The smallest absolute Gasteiger partial charge is 0.0701 e. The minimum absolute atomic E-state index is 0.581. The number of thiophene rings is 1. The van der Waals surface area contributed by atoms with Gasteiger partial charge in [-0.1, -0.05) is 0 Å². The van der Waals surface area contributed by atoms with Gasteiger partial charge < -0.3 is 10.2 Å². The molecular formula is C11H19BrN2S. The van der Waals surface area contributed by atoms with E-state index < -0.39 is 0 Å². The maximum absolute atomic E-state index is 3.50. The number of nitrogens with zero attached hydrogens (tertiary/aromatic N) is 1. The van der Waals surface area contributed by atoms with Gasteiger partial charge in [0.2, 0.25) is 0 Å². The van der Waals surface area contributed by atoms with Crippen molar-refractivity contribution in [2.75, 3.05) is 27.7 Å². The quantitative estimate of drug-likeness (QED) is 0.866. The molecule has 1 heterocycles. The fourth-order valence-corrected chi connectivity index (χ4v) is 3.03. The molecule has 1 aromatic rings. The zero-order valence-corrected chi connectivity index (χ0v) is 12.0. The van der Waals surface area contributed by atoms with Crippen molar-refractivity contribution in [3.05, 3.63) is 20.8 Å². The molecule has 0 aliphatic carbocycles. The molecule has 86 valence electrons. The number of hydrogen-bond donors (Lipinski definition) is 1. The number of likely N-dealkylation sites (N-methyl/N-ethyl adjacent to an activating group) is 1. The van der Waals surface area contributed by atoms with Gasteiger partial charge in [0.25, 0.3) is 0 Å². The molecule has 1 unspecified atom stereocenters. The molecule has 0 radical (unpaired) electrons. The van der Waals surface area contributed by atoms with E-state index in [9.17, 15) is 0 Å². The van der Waals surface area contributed by atoms with E-state index in [1.807, 2.05) is 18.4 Å². The Morgan fingerprint density at radius 2 is 2.20 bits per heavy atom. The van der Waals surface area contributed by atoms with Gasteiger partial charge in [0, 0.05) is 10.9 Å². The van der Waals surface area contributed by atoms with Crippen LogP contribution in [0.15, 0.2) is 15.9 Å². The van der Waals surface area contributed by atoms with Crippen molar-refractivity contribution in [3.8, 4) is 0 Å². The third-order valence-electron chi connectivity index (χ3n) is 2.41. The van der Waals surface area contributed by atoms with E-state index in [0.717, 1.165) is 13.0 Å². The molecule has 1 rings (SSSR count). The monoisotopic (exact) mass is 290 g/mol. The summed E-state index contributed by atoms with van der Waals surface area (Å²) in [5.41, 5.74) is 0. The van der Waals surface area contributed by atoms with Crippen molar-refractivity contribution >= 4 is 27.3 Å². The molecule has 0 spiro atoms. The van der Waals surface area contributed by atoms with E-state index >= 15 is 0 Å². The van der Waals surface area contributed by atoms with Crippen LogP contribution in [0.3, 0.4) is 0 Å². The third kappa shape index (κ3) is 5.11. The van der Waals surface area contributed by atoms with Crippen LogP contribution in [0.2, 0.25) is 0 Å². The normalized spacial score (nSPS) is 13.4. The highest BCUT2D eigenvalue weighted by molar-refractivity contribution is 9.11. The number of nitrogens with one attached hydrogen (secondary N) is 1. The zero-order valence-electron chi connectivity index (χ0n) is 9.59. The van der Waals surface area contributed by atoms with Gasteiger partial charge in [-0.3, -0.25) is 0 Å². The molecule has 4 heteroatoms. The van der Waals surface area contributed by atoms with Gasteiger partial charge in [0.1, 0.15) is 0 Å². The predicted molar refractivity (Wildman–Crippen MR) is 71.7 cm³/mol. The van der Waals surface area contributed by atoms with Gasteiger partial charge in [0.05, 0.1) is 3.79 Å². The average molecular weight is 291 g/mol. The summed E-state index contributed by atoms with van der Waals surface area (Å²) in [5.74, 6) is 0. The Balaban J connectivity index is 2.39. The lowest BCUT2D eigenvalue weighted by molar-refractivity contribution is 0.365. The summed E-state index contributed by atoms with van der Waals surface area (Å²) in [6, 6.07) is 4.91. The van der Waals surface area contributed by atoms with Gasteiger partial charge in [-0.25, -0.2) is 0 Å². The molecule has 0 saturated carbocycles. The van der Waals surface area contributed by atoms with Crippen LogP contribution in [0.5, 0.6) is 0 Å². The molecule has 0 aromatic carbocycles. The lowest BCUT2D eigenvalue weighted by atomic mass is 10.1. The summed E-state index contributed by atoms with van der Waals surface area (Å²) < 4.78 is 1.22. The van der Waals surface area contributed by atoms with Crippen LogP contribution >= 0.6 is 27.3 Å². The largest absolute Gasteiger partial charge is 0.317 e. The van der Waals surface area contributed by atoms with Crippen LogP contribution in [-0.4, -0.2) is 38.6 Å². The average Bonchev–Trinajstić information content (AvgIpc) is 2.58. The first-order valence-electron chi connectivity index (χ1n) is 5.18. The second-order valence-corrected chi connectivity index (χ2v) is 6.54. The lowest BCUT2D eigenvalue weighted by Gasteiger charge is -2.17. The summed E-state index contributed by atoms with van der Waals surface area (Å²) in [5, 5.41) is 3.38. The number of hydrogen-bond acceptors (Lipinski definition) is 3. The van der Waals surface area contributed by atoms with Gasteiger partial charge in [-0.05, 0) is 68.6 Å². The van der Waals surface area contributed by atoms with Crippen LogP contribution in [0.1, 0.15) is 11.3 Å². The summed E-state index contributed by atoms with van der Waals surface area (Å²) in [6.45, 7) is 1.14. The summed E-state index contributed by atoms with van der Waals surface area (Å²) in [4.78, 5) is 3.68. The summed E-state index contributed by atoms with van der Waals surface area (Å²) in [7, 11) is 6.28. The summed E-state index contributed by atoms with van der Waals surface area (Å²) >= 11 is 5.32. The maximum Gasteiger partial charge on any atom is 0.0701 e. The lowest BCUT2D eigenvalue weighted by Crippen LogP contribution is -2.31. The molecular weight excluding hydrogens is 272 g/mol. The Labute approximate surface area is 105 Å². The van der Waals surface area contributed by atoms with Crippen molar-refractivity contribution in [3.63, 3.8) is 0 Å². The van der Waals surface area contributed by atoms with Gasteiger partial charge >= 0.3 is 0 Å². The van der Waals surface area contributed by atoms with Crippen molar-refractivity contribution in [1.82, 2.24) is 10.2 Å². The minimum Gasteiger partial charge on any atom is -0.317 e. The van der Waals surface area contributed by atoms with Crippen LogP contribution in [-0.2, 0) is 6.42 Å². The highest BCUT2D eigenvalue weighted by atomic mass is 79.9. The van der Waals surface area contributed by atoms with Crippen LogP contribution in [0, 0.1) is 0 Å². The van der Waals surface area contributed by atoms with E-state index in [-0.39, 0.29) is 0 Å². The highest BCUT2D eigenvalue weighted by Gasteiger charge is 2.09. The second-order valence-electron chi connectivity index (χ2n) is 3.99. The van der Waals surface area contributed by atoms with E-state index in [2.05, 4.69) is 52.4 Å². The van der Waals surface area contributed by atoms with Crippen molar-refractivity contribution in [2.45, 2.75) is 18.9 Å². The molecule has 15 heavy (non-hydrogen) atoms. The van der Waals surface area contributed by atoms with Gasteiger partial charge in [-0.2, -0.15) is 0 Å². The van der Waals surface area contributed by atoms with E-state index in [1.54, 1.807) is 0 Å². The van der Waals surface area contributed by atoms with E-state index in [1.165, 1.54) is 15.1 Å². The van der Waals surface area contributed by atoms with Crippen LogP contribution in [0.25, 0.3) is 0 Å². The second kappa shape index (κ2) is 6.63. The van der Waals surface area contributed by atoms with Gasteiger partial charge in [0.15, 0.2) is 0 Å². The topological polar surface area (TPSA) is 15.3 Å². The molecule has 2 nitrogen and oxygen atoms in total. The Morgan fingerprint density at radius 1 is 1.47 bits per heavy atom. The van der Waals surface area contributed by atoms with E-state index in [0.29, 0.717) is 6.04 Å². The molecule has 0 aliphatic heterocycles. The standard InChI is InChI=1S/C11H19BrN2S/c1-13-9(6-7-14(2)3)8-10-4-5-11(12)15-10/h4-5,9,13H,6-8H2,1-3H3. The molecule has 0 bridgehead atoms. The van der Waals surface area contributed by atoms with E-state index in [4.69, 9.17) is 0 Å². The highest BCUT2D eigenvalue weighted by Crippen LogP contribution is 2.23. The molecule has 0 fully saturated rings. The van der Waals surface area contributed by atoms with Crippen molar-refractivity contribution < 1.29 is 0 Å². The van der Waals surface area contributed by atoms with Crippen molar-refractivity contribution in [1.29, 1.82) is 0 Å². The molecule has 1 N–H and O–H groups in total. The van der Waals surface area contributed by atoms with Crippen molar-refractivity contribution in [2.24, 2.45) is 0 Å². The Morgan fingerprint density at radius 3 is 2.67 bits per heavy atom. The minimum atomic E-state index is 0.581. The van der Waals surface area contributed by atoms with Crippen LogP contribution in [0.4, 0.5) is 0 Å². The van der Waals surface area contributed by atoms with Gasteiger partial charge in [-0.15, -0.1) is 11.3 Å². The zero-order chi connectivity index (χ0) is 11.3. The Kier molecular flexibility index (Phi) is 5.82. The maximum atomic E-state index is 3.50. The molecule has 0 amide bonds.